The van der Waals surface area contributed by atoms with Crippen molar-refractivity contribution in [3.63, 3.8) is 0 Å². The monoisotopic (exact) mass is 577 g/mol. The van der Waals surface area contributed by atoms with E-state index in [4.69, 9.17) is 10.8 Å². The Kier molecular flexibility index (Phi) is 7.17. The molecule has 0 heterocycles. The molecule has 2 aromatic carbocycles. The van der Waals surface area contributed by atoms with E-state index in [0.29, 0.717) is 22.3 Å². The molecule has 0 spiro atoms. The van der Waals surface area contributed by atoms with Crippen molar-refractivity contribution in [1.29, 1.82) is 0 Å². The number of primary amides is 1. The lowest BCUT2D eigenvalue weighted by Crippen LogP contribution is -2.63. The summed E-state index contributed by atoms with van der Waals surface area (Å²) in [6.45, 7) is -0.154. The van der Waals surface area contributed by atoms with Crippen LogP contribution >= 0.6 is 0 Å². The number of phenolic OH excluding ortho intramolecular Hbond substituents is 1. The Labute approximate surface area is 240 Å². The van der Waals surface area contributed by atoms with Crippen molar-refractivity contribution in [2.75, 3.05) is 27.2 Å². The normalized spacial score (nSPS) is 25.2. The number of hydrogen-bond donors (Lipinski definition) is 7. The van der Waals surface area contributed by atoms with Gasteiger partial charge >= 0.3 is 0 Å². The van der Waals surface area contributed by atoms with Crippen molar-refractivity contribution in [1.82, 2.24) is 10.2 Å². The van der Waals surface area contributed by atoms with Gasteiger partial charge in [0.2, 0.25) is 5.78 Å². The number of amides is 2. The molecule has 0 radical (unpaired) electrons. The van der Waals surface area contributed by atoms with Crippen molar-refractivity contribution in [2.24, 2.45) is 17.6 Å². The lowest BCUT2D eigenvalue weighted by Gasteiger charge is -2.50. The highest BCUT2D eigenvalue weighted by Crippen LogP contribution is 2.53. The molecule has 3 aliphatic carbocycles. The van der Waals surface area contributed by atoms with E-state index >= 15 is 0 Å². The third kappa shape index (κ3) is 4.18. The van der Waals surface area contributed by atoms with E-state index in [1.165, 1.54) is 11.0 Å². The quantitative estimate of drug-likeness (QED) is 0.236. The highest BCUT2D eigenvalue weighted by Gasteiger charge is 2.63. The predicted octanol–water partition coefficient (Wildman–Crippen LogP) is 0.510. The lowest BCUT2D eigenvalue weighted by molar-refractivity contribution is -0.148. The molecule has 2 aromatic rings. The molecule has 1 unspecified atom stereocenters. The number of likely N-dealkylation sites (N-methyl/N-ethyl adjacent to an activating group) is 1. The number of benzene rings is 2. The molecule has 0 saturated carbocycles. The van der Waals surface area contributed by atoms with Crippen LogP contribution in [-0.2, 0) is 16.0 Å². The minimum absolute atomic E-state index is 0.0372. The highest BCUT2D eigenvalue weighted by molar-refractivity contribution is 6.25. The van der Waals surface area contributed by atoms with Crippen LogP contribution in [0.3, 0.4) is 0 Å². The fourth-order valence-electron chi connectivity index (χ4n) is 6.62. The second-order valence-electron chi connectivity index (χ2n) is 11.0. The Morgan fingerprint density at radius 3 is 2.48 bits per heavy atom. The SMILES string of the molecule is CN(C)C1C(O)=C(C(N)=O)C(=O)[C@@]2(O)C(O)=C3C(=O)c4c(O)ccc(-c5cccc(C(=O)NCCO)c5)c4C[C@H]3C[C@@H]12. The molecule has 3 aliphatic rings. The van der Waals surface area contributed by atoms with E-state index in [-0.39, 0.29) is 42.9 Å². The summed E-state index contributed by atoms with van der Waals surface area (Å²) in [7, 11) is 3.13. The van der Waals surface area contributed by atoms with Gasteiger partial charge in [-0.15, -0.1) is 0 Å². The molecule has 0 aliphatic heterocycles. The molecular formula is C30H31N3O9. The number of phenols is 1. The number of nitrogens with zero attached hydrogens (tertiary/aromatic N) is 1. The summed E-state index contributed by atoms with van der Waals surface area (Å²) in [5, 5.41) is 56.4. The molecule has 220 valence electrons. The zero-order chi connectivity index (χ0) is 30.7. The maximum atomic E-state index is 13.9. The molecule has 0 saturated heterocycles. The van der Waals surface area contributed by atoms with Gasteiger partial charge in [0.15, 0.2) is 11.4 Å². The van der Waals surface area contributed by atoms with E-state index in [9.17, 15) is 39.6 Å². The van der Waals surface area contributed by atoms with Crippen LogP contribution in [0.4, 0.5) is 0 Å². The Morgan fingerprint density at radius 2 is 1.83 bits per heavy atom. The number of nitrogens with two attached hydrogens (primary N) is 1. The smallest absolute Gasteiger partial charge is 0.255 e. The van der Waals surface area contributed by atoms with Gasteiger partial charge in [0.25, 0.3) is 11.8 Å². The molecule has 12 nitrogen and oxygen atoms in total. The Bertz CT molecular complexity index is 1610. The topological polar surface area (TPSA) is 211 Å². The van der Waals surface area contributed by atoms with Crippen LogP contribution < -0.4 is 11.1 Å². The Balaban J connectivity index is 1.66. The van der Waals surface area contributed by atoms with Gasteiger partial charge in [-0.3, -0.25) is 24.1 Å². The highest BCUT2D eigenvalue weighted by atomic mass is 16.3. The first-order chi connectivity index (χ1) is 19.8. The summed E-state index contributed by atoms with van der Waals surface area (Å²) in [5.74, 6) is -7.60. The first kappa shape index (κ1) is 29.0. The van der Waals surface area contributed by atoms with Crippen LogP contribution in [-0.4, -0.2) is 92.7 Å². The number of aliphatic hydroxyl groups is 4. The van der Waals surface area contributed by atoms with Crippen LogP contribution in [0.2, 0.25) is 0 Å². The van der Waals surface area contributed by atoms with Gasteiger partial charge < -0.3 is 36.6 Å². The summed E-state index contributed by atoms with van der Waals surface area (Å²) in [5.41, 5.74) is 3.30. The Hall–Kier alpha value is -4.52. The largest absolute Gasteiger partial charge is 0.510 e. The third-order valence-electron chi connectivity index (χ3n) is 8.44. The van der Waals surface area contributed by atoms with Crippen LogP contribution in [0, 0.1) is 11.8 Å². The first-order valence-corrected chi connectivity index (χ1v) is 13.3. The molecule has 0 fully saturated rings. The van der Waals surface area contributed by atoms with Gasteiger partial charge in [-0.2, -0.15) is 0 Å². The van der Waals surface area contributed by atoms with E-state index in [1.807, 2.05) is 0 Å². The van der Waals surface area contributed by atoms with E-state index in [2.05, 4.69) is 5.32 Å². The minimum atomic E-state index is -2.71. The van der Waals surface area contributed by atoms with Crippen molar-refractivity contribution < 1.29 is 44.7 Å². The molecule has 0 aromatic heterocycles. The van der Waals surface area contributed by atoms with Crippen molar-refractivity contribution in [2.45, 2.75) is 24.5 Å². The van der Waals surface area contributed by atoms with E-state index < -0.39 is 64.0 Å². The molecule has 12 heteroatoms. The zero-order valence-electron chi connectivity index (χ0n) is 22.9. The summed E-state index contributed by atoms with van der Waals surface area (Å²) in [6, 6.07) is 8.43. The fourth-order valence-corrected chi connectivity index (χ4v) is 6.62. The maximum Gasteiger partial charge on any atom is 0.255 e. The molecule has 2 amide bonds. The van der Waals surface area contributed by atoms with Crippen LogP contribution in [0.15, 0.2) is 59.1 Å². The number of aromatic hydroxyl groups is 1. The number of allylic oxidation sites excluding steroid dienone is 1. The summed E-state index contributed by atoms with van der Waals surface area (Å²) in [6.07, 6.45) is 0.0731. The van der Waals surface area contributed by atoms with Crippen molar-refractivity contribution in [3.8, 4) is 16.9 Å². The average Bonchev–Trinajstić information content (AvgIpc) is 2.93. The number of nitrogens with one attached hydrogen (secondary N) is 1. The fraction of sp³-hybridized carbons (Fsp3) is 0.333. The minimum Gasteiger partial charge on any atom is -0.510 e. The van der Waals surface area contributed by atoms with Gasteiger partial charge in [-0.05, 0) is 67.7 Å². The van der Waals surface area contributed by atoms with Crippen molar-refractivity contribution in [3.05, 3.63) is 75.8 Å². The number of carbonyl (C=O) groups is 4. The standard InChI is InChI=1S/C30H31N3O9/c1-33(2)23-18-12-15-11-17-16(13-4-3-5-14(10-13)29(41)32-8-9-34)6-7-19(35)21(17)24(36)20(15)26(38)30(18,42)27(39)22(25(23)37)28(31)40/h3-7,10,15,18,23,34-35,37-38,42H,8-9,11-12H2,1-2H3,(H2,31,40)(H,32,41)/t15-,18-,23?,30-/m0/s1. The molecule has 0 bridgehead atoms. The van der Waals surface area contributed by atoms with Gasteiger partial charge in [0.1, 0.15) is 22.8 Å². The van der Waals surface area contributed by atoms with E-state index in [1.54, 1.807) is 44.4 Å². The lowest BCUT2D eigenvalue weighted by atomic mass is 9.58. The second-order valence-corrected chi connectivity index (χ2v) is 11.0. The van der Waals surface area contributed by atoms with Gasteiger partial charge in [-0.25, -0.2) is 0 Å². The maximum absolute atomic E-state index is 13.9. The molecule has 42 heavy (non-hydrogen) atoms. The summed E-state index contributed by atoms with van der Waals surface area (Å²) in [4.78, 5) is 53.5. The predicted molar refractivity (Wildman–Crippen MR) is 149 cm³/mol. The number of carbonyl (C=O) groups excluding carboxylic acids is 4. The molecule has 5 rings (SSSR count). The van der Waals surface area contributed by atoms with Crippen LogP contribution in [0.5, 0.6) is 5.75 Å². The number of Topliss-reactive ketones (excluding diaryl/α,β-unsaturated/α-hetero) is 2. The zero-order valence-corrected chi connectivity index (χ0v) is 22.9. The van der Waals surface area contributed by atoms with Gasteiger partial charge in [0, 0.05) is 23.6 Å². The summed E-state index contributed by atoms with van der Waals surface area (Å²) >= 11 is 0. The number of aliphatic hydroxyl groups excluding tert-OH is 3. The van der Waals surface area contributed by atoms with E-state index in [0.717, 1.165) is 0 Å². The third-order valence-corrected chi connectivity index (χ3v) is 8.44. The number of hydrogen-bond acceptors (Lipinski definition) is 10. The van der Waals surface area contributed by atoms with Crippen LogP contribution in [0.1, 0.15) is 32.7 Å². The summed E-state index contributed by atoms with van der Waals surface area (Å²) < 4.78 is 0. The average molecular weight is 578 g/mol. The first-order valence-electron chi connectivity index (χ1n) is 13.3. The Morgan fingerprint density at radius 1 is 1.12 bits per heavy atom. The van der Waals surface area contributed by atoms with Gasteiger partial charge in [-0.1, -0.05) is 18.2 Å². The van der Waals surface area contributed by atoms with Crippen molar-refractivity contribution >= 4 is 23.4 Å². The second kappa shape index (κ2) is 10.4. The number of ketones is 2. The number of fused-ring (bicyclic) bond motifs is 3. The number of rotatable bonds is 6. The van der Waals surface area contributed by atoms with Crippen LogP contribution in [0.25, 0.3) is 11.1 Å². The molecular weight excluding hydrogens is 546 g/mol. The molecule has 8 N–H and O–H groups in total. The molecule has 4 atom stereocenters. The van der Waals surface area contributed by atoms with Gasteiger partial charge in [0.05, 0.1) is 18.2 Å².